The molecule has 0 aromatic carbocycles. The average Bonchev–Trinajstić information content (AvgIpc) is 3.08. The van der Waals surface area contributed by atoms with E-state index in [9.17, 15) is 4.79 Å². The molecule has 5 heteroatoms. The van der Waals surface area contributed by atoms with Crippen molar-refractivity contribution in [2.24, 2.45) is 5.92 Å². The molecule has 5 nitrogen and oxygen atoms in total. The summed E-state index contributed by atoms with van der Waals surface area (Å²) in [7, 11) is 0. The van der Waals surface area contributed by atoms with Gasteiger partial charge in [-0.1, -0.05) is 6.07 Å². The molecule has 1 aliphatic rings. The lowest BCUT2D eigenvalue weighted by atomic mass is 9.97. The predicted molar refractivity (Wildman–Crippen MR) is 79.2 cm³/mol. The van der Waals surface area contributed by atoms with Crippen LogP contribution in [0, 0.1) is 5.92 Å². The number of nitrogens with one attached hydrogen (secondary N) is 1. The summed E-state index contributed by atoms with van der Waals surface area (Å²) in [5, 5.41) is 0. The first-order valence-corrected chi connectivity index (χ1v) is 7.29. The number of aromatic amines is 1. The Hall–Kier alpha value is -2.30. The number of hydrogen-bond acceptors (Lipinski definition) is 3. The fraction of sp³-hybridized carbons (Fsp3) is 0.375. The number of aromatic nitrogens is 2. The van der Waals surface area contributed by atoms with E-state index < -0.39 is 0 Å². The van der Waals surface area contributed by atoms with Crippen LogP contribution in [0.3, 0.4) is 0 Å². The molecule has 3 heterocycles. The fourth-order valence-corrected chi connectivity index (χ4v) is 2.57. The molecule has 1 fully saturated rings. The maximum atomic E-state index is 12.2. The van der Waals surface area contributed by atoms with Gasteiger partial charge in [-0.2, -0.15) is 0 Å². The number of amides is 1. The Kier molecular flexibility index (Phi) is 4.19. The molecular formula is C16H19N3O2. The van der Waals surface area contributed by atoms with Crippen molar-refractivity contribution in [1.29, 1.82) is 0 Å². The first-order chi connectivity index (χ1) is 10.3. The minimum atomic E-state index is 0.0871. The lowest BCUT2D eigenvalue weighted by Crippen LogP contribution is -2.39. The van der Waals surface area contributed by atoms with Crippen molar-refractivity contribution in [1.82, 2.24) is 14.9 Å². The highest BCUT2D eigenvalue weighted by Gasteiger charge is 2.24. The molecule has 3 rings (SSSR count). The van der Waals surface area contributed by atoms with Crippen molar-refractivity contribution in [2.45, 2.75) is 12.8 Å². The minimum absolute atomic E-state index is 0.0871. The highest BCUT2D eigenvalue weighted by Crippen LogP contribution is 2.19. The van der Waals surface area contributed by atoms with Crippen LogP contribution in [0.15, 0.2) is 42.7 Å². The quantitative estimate of drug-likeness (QED) is 0.938. The van der Waals surface area contributed by atoms with Gasteiger partial charge in [0, 0.05) is 31.5 Å². The van der Waals surface area contributed by atoms with Crippen molar-refractivity contribution < 1.29 is 9.53 Å². The number of piperidine rings is 1. The Balaban J connectivity index is 1.46. The van der Waals surface area contributed by atoms with Gasteiger partial charge in [0.15, 0.2) is 0 Å². The molecule has 110 valence electrons. The van der Waals surface area contributed by atoms with Crippen LogP contribution in [0.5, 0.6) is 5.88 Å². The Bertz CT molecular complexity index is 560. The molecule has 2 aromatic heterocycles. The molecule has 0 aliphatic carbocycles. The van der Waals surface area contributed by atoms with Crippen LogP contribution in [0.1, 0.15) is 23.3 Å². The second-order valence-corrected chi connectivity index (χ2v) is 5.30. The number of carbonyl (C=O) groups excluding carboxylic acids is 1. The lowest BCUT2D eigenvalue weighted by molar-refractivity contribution is 0.0654. The summed E-state index contributed by atoms with van der Waals surface area (Å²) in [6, 6.07) is 9.32. The molecule has 0 radical (unpaired) electrons. The van der Waals surface area contributed by atoms with Crippen LogP contribution in [-0.2, 0) is 0 Å². The van der Waals surface area contributed by atoms with Gasteiger partial charge in [-0.25, -0.2) is 4.98 Å². The standard InChI is InChI=1S/C16H19N3O2/c20-16(14-4-3-9-17-14)19-10-6-13(7-11-19)12-21-15-5-1-2-8-18-15/h1-5,8-9,13,17H,6-7,10-12H2. The molecule has 21 heavy (non-hydrogen) atoms. The second kappa shape index (κ2) is 6.43. The van der Waals surface area contributed by atoms with Crippen LogP contribution in [0.2, 0.25) is 0 Å². The van der Waals surface area contributed by atoms with Gasteiger partial charge in [0.1, 0.15) is 5.69 Å². The summed E-state index contributed by atoms with van der Waals surface area (Å²) < 4.78 is 5.69. The number of likely N-dealkylation sites (tertiary alicyclic amines) is 1. The van der Waals surface area contributed by atoms with Crippen molar-refractivity contribution >= 4 is 5.91 Å². The Labute approximate surface area is 124 Å². The molecule has 0 unspecified atom stereocenters. The van der Waals surface area contributed by atoms with Crippen LogP contribution in [0.4, 0.5) is 0 Å². The second-order valence-electron chi connectivity index (χ2n) is 5.30. The third-order valence-electron chi connectivity index (χ3n) is 3.83. The molecule has 1 amide bonds. The van der Waals surface area contributed by atoms with Gasteiger partial charge in [0.2, 0.25) is 5.88 Å². The first-order valence-electron chi connectivity index (χ1n) is 7.29. The van der Waals surface area contributed by atoms with E-state index in [0.717, 1.165) is 25.9 Å². The van der Waals surface area contributed by atoms with Crippen molar-refractivity contribution in [3.8, 4) is 5.88 Å². The number of H-pyrrole nitrogens is 1. The van der Waals surface area contributed by atoms with E-state index in [-0.39, 0.29) is 5.91 Å². The first kappa shape index (κ1) is 13.7. The van der Waals surface area contributed by atoms with Gasteiger partial charge in [-0.15, -0.1) is 0 Å². The number of carbonyl (C=O) groups is 1. The molecule has 1 saturated heterocycles. The number of pyridine rings is 1. The van der Waals surface area contributed by atoms with E-state index in [0.29, 0.717) is 24.1 Å². The topological polar surface area (TPSA) is 58.2 Å². The SMILES string of the molecule is O=C(c1ccc[nH]1)N1CCC(COc2ccccn2)CC1. The molecular weight excluding hydrogens is 266 g/mol. The molecule has 1 N–H and O–H groups in total. The third-order valence-corrected chi connectivity index (χ3v) is 3.83. The molecule has 1 aliphatic heterocycles. The third kappa shape index (κ3) is 3.42. The number of hydrogen-bond donors (Lipinski definition) is 1. The average molecular weight is 285 g/mol. The molecule has 0 bridgehead atoms. The summed E-state index contributed by atoms with van der Waals surface area (Å²) in [5.41, 5.74) is 0.665. The van der Waals surface area contributed by atoms with Gasteiger partial charge in [0.25, 0.3) is 5.91 Å². The van der Waals surface area contributed by atoms with Crippen molar-refractivity contribution in [2.75, 3.05) is 19.7 Å². The van der Waals surface area contributed by atoms with E-state index in [4.69, 9.17) is 4.74 Å². The molecule has 0 saturated carbocycles. The molecule has 0 atom stereocenters. The van der Waals surface area contributed by atoms with Gasteiger partial charge >= 0.3 is 0 Å². The molecule has 2 aromatic rings. The van der Waals surface area contributed by atoms with Crippen molar-refractivity contribution in [3.63, 3.8) is 0 Å². The maximum absolute atomic E-state index is 12.2. The van der Waals surface area contributed by atoms with E-state index in [1.54, 1.807) is 12.4 Å². The summed E-state index contributed by atoms with van der Waals surface area (Å²) in [6.07, 6.45) is 5.45. The van der Waals surface area contributed by atoms with Crippen LogP contribution < -0.4 is 4.74 Å². The zero-order valence-corrected chi connectivity index (χ0v) is 11.9. The predicted octanol–water partition coefficient (Wildman–Crippen LogP) is 2.34. The fourth-order valence-electron chi connectivity index (χ4n) is 2.57. The smallest absolute Gasteiger partial charge is 0.270 e. The van der Waals surface area contributed by atoms with Crippen molar-refractivity contribution in [3.05, 3.63) is 48.4 Å². The number of rotatable bonds is 4. The monoisotopic (exact) mass is 285 g/mol. The normalized spacial score (nSPS) is 15.9. The van der Waals surface area contributed by atoms with Gasteiger partial charge in [0.05, 0.1) is 6.61 Å². The zero-order valence-electron chi connectivity index (χ0n) is 11.9. The van der Waals surface area contributed by atoms with Gasteiger partial charge in [-0.3, -0.25) is 4.79 Å². The highest BCUT2D eigenvalue weighted by atomic mass is 16.5. The zero-order chi connectivity index (χ0) is 14.5. The number of nitrogens with zero attached hydrogens (tertiary/aromatic N) is 2. The van der Waals surface area contributed by atoms with E-state index in [1.807, 2.05) is 35.2 Å². The van der Waals surface area contributed by atoms with Crippen LogP contribution in [0.25, 0.3) is 0 Å². The molecule has 0 spiro atoms. The summed E-state index contributed by atoms with van der Waals surface area (Å²) in [4.78, 5) is 21.2. The summed E-state index contributed by atoms with van der Waals surface area (Å²) in [6.45, 7) is 2.24. The lowest BCUT2D eigenvalue weighted by Gasteiger charge is -2.31. The Morgan fingerprint density at radius 1 is 1.29 bits per heavy atom. The van der Waals surface area contributed by atoms with E-state index in [1.165, 1.54) is 0 Å². The number of ether oxygens (including phenoxy) is 1. The van der Waals surface area contributed by atoms with E-state index in [2.05, 4.69) is 9.97 Å². The Morgan fingerprint density at radius 3 is 2.81 bits per heavy atom. The van der Waals surface area contributed by atoms with E-state index >= 15 is 0 Å². The van der Waals surface area contributed by atoms with Gasteiger partial charge < -0.3 is 14.6 Å². The minimum Gasteiger partial charge on any atom is -0.477 e. The largest absolute Gasteiger partial charge is 0.477 e. The van der Waals surface area contributed by atoms with Crippen LogP contribution >= 0.6 is 0 Å². The van der Waals surface area contributed by atoms with Crippen LogP contribution in [-0.4, -0.2) is 40.5 Å². The summed E-state index contributed by atoms with van der Waals surface area (Å²) >= 11 is 0. The Morgan fingerprint density at radius 2 is 2.14 bits per heavy atom. The van der Waals surface area contributed by atoms with Gasteiger partial charge in [-0.05, 0) is 37.0 Å². The maximum Gasteiger partial charge on any atom is 0.270 e. The summed E-state index contributed by atoms with van der Waals surface area (Å²) in [5.74, 6) is 1.24. The highest BCUT2D eigenvalue weighted by molar-refractivity contribution is 5.92.